The molecule has 2 unspecified atom stereocenters. The molecule has 19 heavy (non-hydrogen) atoms. The summed E-state index contributed by atoms with van der Waals surface area (Å²) >= 11 is 0. The molecule has 1 N–H and O–H groups in total. The number of hydrogen-bond donors (Lipinski definition) is 1. The molecule has 0 aliphatic heterocycles. The number of nitrogens with one attached hydrogen (secondary N) is 1. The zero-order chi connectivity index (χ0) is 14.1. The van der Waals surface area contributed by atoms with Crippen LogP contribution in [0.4, 0.5) is 0 Å². The van der Waals surface area contributed by atoms with Gasteiger partial charge in [-0.15, -0.1) is 0 Å². The monoisotopic (exact) mass is 263 g/mol. The highest BCUT2D eigenvalue weighted by Gasteiger charge is 2.14. The number of ether oxygens (including phenoxy) is 1. The topological polar surface area (TPSA) is 21.3 Å². The van der Waals surface area contributed by atoms with Gasteiger partial charge in [0, 0.05) is 20.2 Å². The fourth-order valence-corrected chi connectivity index (χ4v) is 2.36. The van der Waals surface area contributed by atoms with Crippen LogP contribution in [0.1, 0.15) is 43.7 Å². The zero-order valence-corrected chi connectivity index (χ0v) is 12.9. The Morgan fingerprint density at radius 2 is 2.11 bits per heavy atom. The number of hydrogen-bond acceptors (Lipinski definition) is 2. The average Bonchev–Trinajstić information content (AvgIpc) is 2.42. The molecule has 1 aromatic carbocycles. The highest BCUT2D eigenvalue weighted by Crippen LogP contribution is 2.25. The number of aryl methyl sites for hydroxylation is 1. The normalized spacial score (nSPS) is 14.3. The predicted molar refractivity (Wildman–Crippen MR) is 82.7 cm³/mol. The van der Waals surface area contributed by atoms with E-state index >= 15 is 0 Å². The summed E-state index contributed by atoms with van der Waals surface area (Å²) in [6.45, 7) is 9.54. The van der Waals surface area contributed by atoms with E-state index in [1.807, 2.05) is 0 Å². The third-order valence-electron chi connectivity index (χ3n) is 3.77. The van der Waals surface area contributed by atoms with Crippen LogP contribution in [0.2, 0.25) is 0 Å². The molecule has 0 aliphatic carbocycles. The number of benzene rings is 1. The molecule has 1 aromatic rings. The van der Waals surface area contributed by atoms with Crippen molar-refractivity contribution in [2.24, 2.45) is 5.92 Å². The van der Waals surface area contributed by atoms with Crippen molar-refractivity contribution in [1.82, 2.24) is 5.32 Å². The van der Waals surface area contributed by atoms with Gasteiger partial charge in [-0.1, -0.05) is 50.1 Å². The van der Waals surface area contributed by atoms with Crippen molar-refractivity contribution < 1.29 is 4.74 Å². The Kier molecular flexibility index (Phi) is 7.76. The molecule has 0 heterocycles. The van der Waals surface area contributed by atoms with Gasteiger partial charge >= 0.3 is 0 Å². The van der Waals surface area contributed by atoms with E-state index in [0.717, 1.165) is 25.6 Å². The minimum Gasteiger partial charge on any atom is -0.383 e. The lowest BCUT2D eigenvalue weighted by Crippen LogP contribution is -2.26. The van der Waals surface area contributed by atoms with Crippen LogP contribution in [0.5, 0.6) is 0 Å². The summed E-state index contributed by atoms with van der Waals surface area (Å²) in [7, 11) is 1.75. The van der Waals surface area contributed by atoms with Gasteiger partial charge in [-0.2, -0.15) is 0 Å². The molecule has 0 bridgehead atoms. The van der Waals surface area contributed by atoms with Gasteiger partial charge in [0.05, 0.1) is 6.61 Å². The first kappa shape index (κ1) is 16.2. The summed E-state index contributed by atoms with van der Waals surface area (Å²) in [5.41, 5.74) is 2.81. The zero-order valence-electron chi connectivity index (χ0n) is 12.9. The van der Waals surface area contributed by atoms with E-state index in [1.54, 1.807) is 7.11 Å². The largest absolute Gasteiger partial charge is 0.383 e. The SMILES string of the molecule is CCC(C)CC(CNCCOC)c1cccc(C)c1. The van der Waals surface area contributed by atoms with E-state index in [1.165, 1.54) is 24.0 Å². The molecule has 0 saturated carbocycles. The molecule has 0 aliphatic rings. The predicted octanol–water partition coefficient (Wildman–Crippen LogP) is 3.75. The first-order chi connectivity index (χ1) is 9.17. The van der Waals surface area contributed by atoms with Gasteiger partial charge in [0.25, 0.3) is 0 Å². The Bertz CT molecular complexity index is 351. The van der Waals surface area contributed by atoms with Gasteiger partial charge in [0.1, 0.15) is 0 Å². The summed E-state index contributed by atoms with van der Waals surface area (Å²) < 4.78 is 5.09. The summed E-state index contributed by atoms with van der Waals surface area (Å²) in [5.74, 6) is 1.38. The van der Waals surface area contributed by atoms with Crippen molar-refractivity contribution >= 4 is 0 Å². The quantitative estimate of drug-likeness (QED) is 0.685. The highest BCUT2D eigenvalue weighted by atomic mass is 16.5. The summed E-state index contributed by atoms with van der Waals surface area (Å²) in [5, 5.41) is 3.51. The smallest absolute Gasteiger partial charge is 0.0587 e. The van der Waals surface area contributed by atoms with Crippen molar-refractivity contribution in [2.75, 3.05) is 26.8 Å². The molecular formula is C17H29NO. The van der Waals surface area contributed by atoms with E-state index < -0.39 is 0 Å². The molecule has 2 heteroatoms. The molecule has 0 spiro atoms. The summed E-state index contributed by atoms with van der Waals surface area (Å²) in [4.78, 5) is 0. The van der Waals surface area contributed by atoms with E-state index in [2.05, 4.69) is 50.4 Å². The van der Waals surface area contributed by atoms with E-state index in [0.29, 0.717) is 5.92 Å². The van der Waals surface area contributed by atoms with Crippen LogP contribution in [0.25, 0.3) is 0 Å². The summed E-state index contributed by atoms with van der Waals surface area (Å²) in [6.07, 6.45) is 2.50. The van der Waals surface area contributed by atoms with Crippen molar-refractivity contribution in [2.45, 2.75) is 39.5 Å². The molecule has 0 amide bonds. The number of rotatable bonds is 9. The maximum atomic E-state index is 5.09. The second-order valence-electron chi connectivity index (χ2n) is 5.56. The lowest BCUT2D eigenvalue weighted by Gasteiger charge is -2.22. The van der Waals surface area contributed by atoms with Crippen LogP contribution in [0.15, 0.2) is 24.3 Å². The van der Waals surface area contributed by atoms with Gasteiger partial charge in [-0.25, -0.2) is 0 Å². The van der Waals surface area contributed by atoms with Crippen molar-refractivity contribution in [3.63, 3.8) is 0 Å². The average molecular weight is 263 g/mol. The second kappa shape index (κ2) is 9.11. The van der Waals surface area contributed by atoms with Crippen LogP contribution in [0.3, 0.4) is 0 Å². The van der Waals surface area contributed by atoms with Gasteiger partial charge in [-0.3, -0.25) is 0 Å². The molecule has 0 radical (unpaired) electrons. The molecule has 108 valence electrons. The maximum absolute atomic E-state index is 5.09. The molecule has 0 aromatic heterocycles. The minimum atomic E-state index is 0.603. The Hall–Kier alpha value is -0.860. The van der Waals surface area contributed by atoms with Crippen molar-refractivity contribution in [3.8, 4) is 0 Å². The van der Waals surface area contributed by atoms with Crippen LogP contribution >= 0.6 is 0 Å². The van der Waals surface area contributed by atoms with E-state index in [9.17, 15) is 0 Å². The Balaban J connectivity index is 2.63. The second-order valence-corrected chi connectivity index (χ2v) is 5.56. The van der Waals surface area contributed by atoms with Crippen LogP contribution in [-0.2, 0) is 4.74 Å². The first-order valence-corrected chi connectivity index (χ1v) is 7.43. The summed E-state index contributed by atoms with van der Waals surface area (Å²) in [6, 6.07) is 8.93. The van der Waals surface area contributed by atoms with Crippen LogP contribution in [0, 0.1) is 12.8 Å². The highest BCUT2D eigenvalue weighted by molar-refractivity contribution is 5.25. The first-order valence-electron chi connectivity index (χ1n) is 7.43. The standard InChI is InChI=1S/C17H29NO/c1-5-14(2)11-17(13-18-9-10-19-4)16-8-6-7-15(3)12-16/h6-8,12,14,17-18H,5,9-11,13H2,1-4H3. The molecule has 1 rings (SSSR count). The number of methoxy groups -OCH3 is 1. The van der Waals surface area contributed by atoms with Crippen molar-refractivity contribution in [1.29, 1.82) is 0 Å². The molecular weight excluding hydrogens is 234 g/mol. The van der Waals surface area contributed by atoms with Gasteiger partial charge in [-0.05, 0) is 30.7 Å². The van der Waals surface area contributed by atoms with Crippen molar-refractivity contribution in [3.05, 3.63) is 35.4 Å². The fourth-order valence-electron chi connectivity index (χ4n) is 2.36. The lowest BCUT2D eigenvalue weighted by molar-refractivity contribution is 0.198. The maximum Gasteiger partial charge on any atom is 0.0587 e. The van der Waals surface area contributed by atoms with Crippen LogP contribution in [-0.4, -0.2) is 26.8 Å². The molecule has 2 nitrogen and oxygen atoms in total. The third-order valence-corrected chi connectivity index (χ3v) is 3.77. The van der Waals surface area contributed by atoms with Gasteiger partial charge < -0.3 is 10.1 Å². The lowest BCUT2D eigenvalue weighted by atomic mass is 9.87. The Morgan fingerprint density at radius 1 is 1.32 bits per heavy atom. The molecule has 0 saturated heterocycles. The Morgan fingerprint density at radius 3 is 2.74 bits per heavy atom. The Labute approximate surface area is 118 Å². The third kappa shape index (κ3) is 6.22. The van der Waals surface area contributed by atoms with E-state index in [-0.39, 0.29) is 0 Å². The fraction of sp³-hybridized carbons (Fsp3) is 0.647. The van der Waals surface area contributed by atoms with E-state index in [4.69, 9.17) is 4.74 Å². The van der Waals surface area contributed by atoms with Gasteiger partial charge in [0.15, 0.2) is 0 Å². The van der Waals surface area contributed by atoms with Gasteiger partial charge in [0.2, 0.25) is 0 Å². The minimum absolute atomic E-state index is 0.603. The molecule has 2 atom stereocenters. The molecule has 0 fully saturated rings. The van der Waals surface area contributed by atoms with Crippen LogP contribution < -0.4 is 5.32 Å².